The van der Waals surface area contributed by atoms with Crippen molar-refractivity contribution in [3.8, 4) is 44.5 Å². The van der Waals surface area contributed by atoms with E-state index in [1.807, 2.05) is 0 Å². The summed E-state index contributed by atoms with van der Waals surface area (Å²) in [4.78, 5) is 4.81. The molecular weight excluding hydrogens is 897 g/mol. The second-order valence-electron chi connectivity index (χ2n) is 19.5. The zero-order valence-electron chi connectivity index (χ0n) is 41.4. The van der Waals surface area contributed by atoms with E-state index in [-0.39, 0.29) is 0 Å². The van der Waals surface area contributed by atoms with Crippen molar-refractivity contribution in [1.29, 1.82) is 0 Å². The summed E-state index contributed by atoms with van der Waals surface area (Å²) in [5, 5.41) is 6.72. The molecule has 0 aliphatic heterocycles. The van der Waals surface area contributed by atoms with Crippen molar-refractivity contribution in [2.45, 2.75) is 19.8 Å². The third-order valence-electron chi connectivity index (χ3n) is 14.6. The van der Waals surface area contributed by atoms with Crippen molar-refractivity contribution >= 4 is 77.6 Å². The highest BCUT2D eigenvalue weighted by atomic mass is 16.3. The number of anilines is 6. The minimum Gasteiger partial charge on any atom is -0.456 e. The van der Waals surface area contributed by atoms with Crippen LogP contribution in [-0.2, 0) is 0 Å². The molecule has 12 aromatic carbocycles. The second-order valence-corrected chi connectivity index (χ2v) is 19.5. The highest BCUT2D eigenvalue weighted by Crippen LogP contribution is 2.47. The number of fused-ring (bicyclic) bond motifs is 5. The van der Waals surface area contributed by atoms with Crippen LogP contribution < -0.4 is 9.80 Å². The van der Waals surface area contributed by atoms with Gasteiger partial charge in [-0.2, -0.15) is 0 Å². The molecule has 1 aromatic heterocycles. The van der Waals surface area contributed by atoms with E-state index in [0.29, 0.717) is 5.92 Å². The van der Waals surface area contributed by atoms with Gasteiger partial charge in [0.2, 0.25) is 0 Å². The summed E-state index contributed by atoms with van der Waals surface area (Å²) in [5.74, 6) is 0.455. The topological polar surface area (TPSA) is 19.6 Å². The summed E-state index contributed by atoms with van der Waals surface area (Å²) in [6, 6.07) is 98.9. The fourth-order valence-corrected chi connectivity index (χ4v) is 10.8. The van der Waals surface area contributed by atoms with Gasteiger partial charge < -0.3 is 14.2 Å². The van der Waals surface area contributed by atoms with Gasteiger partial charge >= 0.3 is 0 Å². The van der Waals surface area contributed by atoms with Gasteiger partial charge in [0.25, 0.3) is 0 Å². The molecule has 13 rings (SSSR count). The molecule has 0 atom stereocenters. The molecule has 0 bridgehead atoms. The zero-order valence-corrected chi connectivity index (χ0v) is 41.4. The van der Waals surface area contributed by atoms with Crippen molar-refractivity contribution < 1.29 is 4.42 Å². The van der Waals surface area contributed by atoms with Crippen LogP contribution in [0.3, 0.4) is 0 Å². The molecule has 352 valence electrons. The Bertz CT molecular complexity index is 4140. The number of hydrogen-bond acceptors (Lipinski definition) is 3. The first kappa shape index (κ1) is 44.5. The summed E-state index contributed by atoms with van der Waals surface area (Å²) in [6.07, 6.45) is 0. The Morgan fingerprint density at radius 2 is 0.649 bits per heavy atom. The first-order chi connectivity index (χ1) is 36.5. The lowest BCUT2D eigenvalue weighted by atomic mass is 9.96. The van der Waals surface area contributed by atoms with Gasteiger partial charge in [0.05, 0.1) is 17.1 Å². The third kappa shape index (κ3) is 8.25. The predicted molar refractivity (Wildman–Crippen MR) is 314 cm³/mol. The smallest absolute Gasteiger partial charge is 0.136 e. The number of benzene rings is 12. The molecule has 0 fully saturated rings. The largest absolute Gasteiger partial charge is 0.456 e. The van der Waals surface area contributed by atoms with Crippen molar-refractivity contribution in [2.24, 2.45) is 0 Å². The minimum absolute atomic E-state index is 0.455. The van der Waals surface area contributed by atoms with E-state index >= 15 is 0 Å². The highest BCUT2D eigenvalue weighted by Gasteiger charge is 2.23. The molecule has 0 N–H and O–H groups in total. The van der Waals surface area contributed by atoms with E-state index in [4.69, 9.17) is 4.42 Å². The predicted octanol–water partition coefficient (Wildman–Crippen LogP) is 20.6. The van der Waals surface area contributed by atoms with Crippen LogP contribution in [0, 0.1) is 0 Å². The summed E-state index contributed by atoms with van der Waals surface area (Å²) in [7, 11) is 0. The van der Waals surface area contributed by atoms with Gasteiger partial charge in [-0.3, -0.25) is 0 Å². The lowest BCUT2D eigenvalue weighted by molar-refractivity contribution is 0.670. The number of furan rings is 1. The van der Waals surface area contributed by atoms with Crippen LogP contribution in [0.25, 0.3) is 88.0 Å². The Kier molecular flexibility index (Phi) is 11.4. The lowest BCUT2D eigenvalue weighted by Crippen LogP contribution is -2.12. The highest BCUT2D eigenvalue weighted by molar-refractivity contribution is 6.14. The van der Waals surface area contributed by atoms with Crippen LogP contribution in [0.5, 0.6) is 0 Å². The van der Waals surface area contributed by atoms with Crippen LogP contribution in [0.15, 0.2) is 277 Å². The molecule has 3 nitrogen and oxygen atoms in total. The standard InChI is InChI=1S/C71H52N2O/c1-48(2)49-30-32-54(33-31-49)64-26-14-17-29-69(64)73(68-28-16-13-25-63(68)53-22-10-5-11-23-53)61-41-37-56-45-66-65-44-55-36-40-60(42-57(55)46-70(65)74-71(66)47-58(56)43-61)72(59-38-34-51(35-39-59)50-18-6-3-7-19-50)67-27-15-12-24-62(67)52-20-8-4-9-21-52/h3-48H,1-2H3. The fraction of sp³-hybridized carbons (Fsp3) is 0.0423. The first-order valence-corrected chi connectivity index (χ1v) is 25.6. The maximum Gasteiger partial charge on any atom is 0.136 e. The number of para-hydroxylation sites is 3. The number of rotatable bonds is 11. The van der Waals surface area contributed by atoms with E-state index in [0.717, 1.165) is 88.7 Å². The molecule has 1 heterocycles. The van der Waals surface area contributed by atoms with E-state index < -0.39 is 0 Å². The lowest BCUT2D eigenvalue weighted by Gasteiger charge is -2.30. The summed E-state index contributed by atoms with van der Waals surface area (Å²) in [6.45, 7) is 4.49. The summed E-state index contributed by atoms with van der Waals surface area (Å²) >= 11 is 0. The Hall–Kier alpha value is -9.44. The molecule has 0 radical (unpaired) electrons. The average molecular weight is 949 g/mol. The van der Waals surface area contributed by atoms with E-state index in [1.54, 1.807) is 0 Å². The van der Waals surface area contributed by atoms with Gasteiger partial charge in [0, 0.05) is 44.5 Å². The van der Waals surface area contributed by atoms with Crippen LogP contribution in [0.4, 0.5) is 34.1 Å². The van der Waals surface area contributed by atoms with Gasteiger partial charge in [0.1, 0.15) is 11.2 Å². The quantitative estimate of drug-likeness (QED) is 0.129. The third-order valence-corrected chi connectivity index (χ3v) is 14.6. The fourth-order valence-electron chi connectivity index (χ4n) is 10.8. The molecule has 0 aliphatic carbocycles. The molecule has 0 saturated heterocycles. The maximum absolute atomic E-state index is 6.89. The monoisotopic (exact) mass is 948 g/mol. The minimum atomic E-state index is 0.455. The normalized spacial score (nSPS) is 11.5. The Morgan fingerprint density at radius 3 is 1.12 bits per heavy atom. The van der Waals surface area contributed by atoms with E-state index in [2.05, 4.69) is 297 Å². The molecule has 13 aromatic rings. The van der Waals surface area contributed by atoms with Crippen molar-refractivity contribution in [2.75, 3.05) is 9.80 Å². The van der Waals surface area contributed by atoms with Gasteiger partial charge in [0.15, 0.2) is 0 Å². The molecule has 74 heavy (non-hydrogen) atoms. The Morgan fingerprint density at radius 1 is 0.284 bits per heavy atom. The van der Waals surface area contributed by atoms with Gasteiger partial charge in [-0.05, 0) is 140 Å². The molecule has 0 amide bonds. The molecule has 0 saturated carbocycles. The van der Waals surface area contributed by atoms with E-state index in [1.165, 1.54) is 38.9 Å². The number of nitrogens with zero attached hydrogens (tertiary/aromatic N) is 2. The SMILES string of the molecule is CC(C)c1ccc(-c2ccccc2N(c2ccc3cc4c(cc3c2)oc2cc3cc(N(c5ccc(-c6ccccc6)cc5)c5ccccc5-c5ccccc5)ccc3cc24)c2ccccc2-c2ccccc2)cc1. The van der Waals surface area contributed by atoms with Crippen LogP contribution in [0.1, 0.15) is 25.3 Å². The van der Waals surface area contributed by atoms with Crippen molar-refractivity contribution in [3.05, 3.63) is 279 Å². The summed E-state index contributed by atoms with van der Waals surface area (Å²) in [5.41, 5.74) is 18.9. The van der Waals surface area contributed by atoms with E-state index in [9.17, 15) is 0 Å². The van der Waals surface area contributed by atoms with Crippen LogP contribution in [-0.4, -0.2) is 0 Å². The van der Waals surface area contributed by atoms with Crippen LogP contribution in [0.2, 0.25) is 0 Å². The Balaban J connectivity index is 0.930. The number of hydrogen-bond donors (Lipinski definition) is 0. The zero-order chi connectivity index (χ0) is 49.5. The van der Waals surface area contributed by atoms with Gasteiger partial charge in [-0.15, -0.1) is 0 Å². The maximum atomic E-state index is 6.89. The molecule has 0 aliphatic rings. The second kappa shape index (κ2) is 19.0. The van der Waals surface area contributed by atoms with Crippen molar-refractivity contribution in [1.82, 2.24) is 0 Å². The molecule has 3 heteroatoms. The van der Waals surface area contributed by atoms with Gasteiger partial charge in [-0.1, -0.05) is 208 Å². The molecular formula is C71H52N2O. The summed E-state index contributed by atoms with van der Waals surface area (Å²) < 4.78 is 6.89. The van der Waals surface area contributed by atoms with Gasteiger partial charge in [-0.25, -0.2) is 0 Å². The van der Waals surface area contributed by atoms with Crippen LogP contribution >= 0.6 is 0 Å². The molecule has 0 spiro atoms. The first-order valence-electron chi connectivity index (χ1n) is 25.6. The average Bonchev–Trinajstić information content (AvgIpc) is 3.81. The molecule has 0 unspecified atom stereocenters. The Labute approximate surface area is 432 Å². The van der Waals surface area contributed by atoms with Crippen molar-refractivity contribution in [3.63, 3.8) is 0 Å².